The average molecular weight is 272 g/mol. The zero-order valence-corrected chi connectivity index (χ0v) is 12.0. The van der Waals surface area contributed by atoms with Crippen LogP contribution in [0, 0.1) is 6.92 Å². The van der Waals surface area contributed by atoms with E-state index in [1.54, 1.807) is 7.05 Å². The molecule has 20 heavy (non-hydrogen) atoms. The highest BCUT2D eigenvalue weighted by molar-refractivity contribution is 5.84. The number of fused-ring (bicyclic) bond motifs is 1. The van der Waals surface area contributed by atoms with Crippen molar-refractivity contribution in [1.82, 2.24) is 10.2 Å². The van der Waals surface area contributed by atoms with Gasteiger partial charge in [-0.2, -0.15) is 0 Å². The summed E-state index contributed by atoms with van der Waals surface area (Å²) >= 11 is 0. The summed E-state index contributed by atoms with van der Waals surface area (Å²) in [5.41, 5.74) is 4.34. The third-order valence-corrected chi connectivity index (χ3v) is 3.74. The van der Waals surface area contributed by atoms with E-state index in [9.17, 15) is 9.59 Å². The molecular formula is C16H20N2O2. The van der Waals surface area contributed by atoms with E-state index in [4.69, 9.17) is 0 Å². The van der Waals surface area contributed by atoms with E-state index in [0.29, 0.717) is 19.4 Å². The minimum absolute atomic E-state index is 0.0717. The van der Waals surface area contributed by atoms with Crippen molar-refractivity contribution in [2.45, 2.75) is 32.4 Å². The molecule has 0 bridgehead atoms. The van der Waals surface area contributed by atoms with Gasteiger partial charge in [0.1, 0.15) is 12.3 Å². The maximum absolute atomic E-state index is 12.1. The molecule has 1 aliphatic rings. The van der Waals surface area contributed by atoms with Crippen LogP contribution in [0.5, 0.6) is 0 Å². The lowest BCUT2D eigenvalue weighted by Gasteiger charge is -2.28. The second kappa shape index (κ2) is 5.90. The first-order valence-electron chi connectivity index (χ1n) is 6.79. The predicted molar refractivity (Wildman–Crippen MR) is 78.9 cm³/mol. The van der Waals surface area contributed by atoms with Crippen LogP contribution >= 0.6 is 0 Å². The van der Waals surface area contributed by atoms with Crippen LogP contribution in [-0.2, 0) is 16.1 Å². The van der Waals surface area contributed by atoms with Gasteiger partial charge in [0.2, 0.25) is 5.91 Å². The number of nitrogens with zero attached hydrogens (tertiary/aromatic N) is 1. The highest BCUT2D eigenvalue weighted by Gasteiger charge is 2.31. The minimum Gasteiger partial charge on any atom is -0.357 e. The Labute approximate surface area is 119 Å². The minimum atomic E-state index is -0.342. The van der Waals surface area contributed by atoms with Crippen molar-refractivity contribution >= 4 is 17.9 Å². The van der Waals surface area contributed by atoms with E-state index in [-0.39, 0.29) is 11.9 Å². The molecule has 1 N–H and O–H groups in total. The van der Waals surface area contributed by atoms with Crippen LogP contribution in [0.4, 0.5) is 0 Å². The third-order valence-electron chi connectivity index (χ3n) is 3.74. The van der Waals surface area contributed by atoms with Gasteiger partial charge in [-0.15, -0.1) is 0 Å². The van der Waals surface area contributed by atoms with E-state index >= 15 is 0 Å². The van der Waals surface area contributed by atoms with E-state index in [2.05, 4.69) is 18.0 Å². The molecule has 4 heteroatoms. The number of hydrogen-bond acceptors (Lipinski definition) is 3. The quantitative estimate of drug-likeness (QED) is 0.833. The Morgan fingerprint density at radius 2 is 2.30 bits per heavy atom. The van der Waals surface area contributed by atoms with E-state index in [1.165, 1.54) is 11.1 Å². The first kappa shape index (κ1) is 14.3. The lowest BCUT2D eigenvalue weighted by molar-refractivity contribution is -0.125. The molecule has 1 amide bonds. The number of benzene rings is 1. The van der Waals surface area contributed by atoms with Gasteiger partial charge >= 0.3 is 0 Å². The summed E-state index contributed by atoms with van der Waals surface area (Å²) in [6, 6.07) is 5.88. The van der Waals surface area contributed by atoms with Crippen LogP contribution in [0.25, 0.3) is 5.70 Å². The molecule has 2 rings (SSSR count). The zero-order valence-electron chi connectivity index (χ0n) is 12.0. The van der Waals surface area contributed by atoms with Gasteiger partial charge in [-0.25, -0.2) is 0 Å². The average Bonchev–Trinajstić information content (AvgIpc) is 2.75. The van der Waals surface area contributed by atoms with E-state index < -0.39 is 0 Å². The van der Waals surface area contributed by atoms with Gasteiger partial charge in [0.15, 0.2) is 0 Å². The zero-order chi connectivity index (χ0) is 14.7. The van der Waals surface area contributed by atoms with Crippen LogP contribution in [-0.4, -0.2) is 30.2 Å². The summed E-state index contributed by atoms with van der Waals surface area (Å²) in [6.45, 7) is 6.83. The lowest BCUT2D eigenvalue weighted by Crippen LogP contribution is -2.42. The molecule has 1 atom stereocenters. The molecule has 4 nitrogen and oxygen atoms in total. The van der Waals surface area contributed by atoms with Crippen LogP contribution < -0.4 is 5.32 Å². The fourth-order valence-corrected chi connectivity index (χ4v) is 2.69. The fourth-order valence-electron chi connectivity index (χ4n) is 2.69. The number of rotatable bonds is 5. The SMILES string of the molecule is C=C1c2ccc(C)cc2CN1C(CCC=O)C(=O)NC. The Morgan fingerprint density at radius 3 is 2.95 bits per heavy atom. The Bertz CT molecular complexity index is 551. The van der Waals surface area contributed by atoms with Crippen molar-refractivity contribution in [2.24, 2.45) is 0 Å². The standard InChI is InChI=1S/C16H20N2O2/c1-11-6-7-14-12(2)18(10-13(14)9-11)15(5-4-8-19)16(20)17-3/h6-9,15H,2,4-5,10H2,1,3H3,(H,17,20). The Morgan fingerprint density at radius 1 is 1.55 bits per heavy atom. The van der Waals surface area contributed by atoms with Gasteiger partial charge < -0.3 is 15.0 Å². The molecule has 1 heterocycles. The van der Waals surface area contributed by atoms with Gasteiger partial charge in [0.25, 0.3) is 0 Å². The lowest BCUT2D eigenvalue weighted by atomic mass is 10.1. The Hall–Kier alpha value is -2.10. The predicted octanol–water partition coefficient (Wildman–Crippen LogP) is 1.88. The second-order valence-corrected chi connectivity index (χ2v) is 5.11. The Kier molecular flexibility index (Phi) is 4.23. The summed E-state index contributed by atoms with van der Waals surface area (Å²) in [4.78, 5) is 24.7. The van der Waals surface area contributed by atoms with Crippen LogP contribution in [0.15, 0.2) is 24.8 Å². The van der Waals surface area contributed by atoms with Crippen LogP contribution in [0.1, 0.15) is 29.5 Å². The molecule has 0 aliphatic carbocycles. The molecule has 1 aliphatic heterocycles. The first-order chi connectivity index (χ1) is 9.58. The molecule has 0 spiro atoms. The molecule has 0 fully saturated rings. The smallest absolute Gasteiger partial charge is 0.242 e. The number of nitrogens with one attached hydrogen (secondary N) is 1. The number of hydrogen-bond donors (Lipinski definition) is 1. The number of carbonyl (C=O) groups is 2. The Balaban J connectivity index is 2.26. The molecule has 0 saturated carbocycles. The highest BCUT2D eigenvalue weighted by Crippen LogP contribution is 2.34. The molecule has 106 valence electrons. The maximum Gasteiger partial charge on any atom is 0.242 e. The monoisotopic (exact) mass is 272 g/mol. The number of likely N-dealkylation sites (N-methyl/N-ethyl adjacent to an activating group) is 1. The van der Waals surface area contributed by atoms with Crippen molar-refractivity contribution < 1.29 is 9.59 Å². The van der Waals surface area contributed by atoms with Gasteiger partial charge in [0.05, 0.1) is 0 Å². The largest absolute Gasteiger partial charge is 0.357 e. The normalized spacial score (nSPS) is 14.9. The summed E-state index contributed by atoms with van der Waals surface area (Å²) in [6.07, 6.45) is 1.73. The highest BCUT2D eigenvalue weighted by atomic mass is 16.2. The maximum atomic E-state index is 12.1. The summed E-state index contributed by atoms with van der Waals surface area (Å²) < 4.78 is 0. The van der Waals surface area contributed by atoms with E-state index in [0.717, 1.165) is 17.5 Å². The number of amides is 1. The first-order valence-corrected chi connectivity index (χ1v) is 6.79. The molecule has 1 aromatic carbocycles. The number of carbonyl (C=O) groups excluding carboxylic acids is 2. The van der Waals surface area contributed by atoms with Gasteiger partial charge in [-0.1, -0.05) is 30.3 Å². The summed E-state index contributed by atoms with van der Waals surface area (Å²) in [5, 5.41) is 2.67. The van der Waals surface area contributed by atoms with Crippen molar-refractivity contribution in [3.05, 3.63) is 41.5 Å². The topological polar surface area (TPSA) is 49.4 Å². The van der Waals surface area contributed by atoms with Crippen molar-refractivity contribution in [3.63, 3.8) is 0 Å². The molecule has 0 aromatic heterocycles. The van der Waals surface area contributed by atoms with Gasteiger partial charge in [0, 0.05) is 31.3 Å². The van der Waals surface area contributed by atoms with Crippen molar-refractivity contribution in [3.8, 4) is 0 Å². The number of aryl methyl sites for hydroxylation is 1. The van der Waals surface area contributed by atoms with Crippen molar-refractivity contribution in [2.75, 3.05) is 7.05 Å². The third kappa shape index (κ3) is 2.59. The molecule has 1 aromatic rings. The van der Waals surface area contributed by atoms with Crippen molar-refractivity contribution in [1.29, 1.82) is 0 Å². The van der Waals surface area contributed by atoms with Gasteiger partial charge in [-0.05, 0) is 18.9 Å². The summed E-state index contributed by atoms with van der Waals surface area (Å²) in [5.74, 6) is -0.0717. The fraction of sp³-hybridized carbons (Fsp3) is 0.375. The van der Waals surface area contributed by atoms with Crippen LogP contribution in [0.3, 0.4) is 0 Å². The molecule has 0 radical (unpaired) electrons. The molecule has 0 saturated heterocycles. The molecule has 1 unspecified atom stereocenters. The number of aldehydes is 1. The van der Waals surface area contributed by atoms with E-state index in [1.807, 2.05) is 24.0 Å². The van der Waals surface area contributed by atoms with Crippen LogP contribution in [0.2, 0.25) is 0 Å². The molecular weight excluding hydrogens is 252 g/mol. The van der Waals surface area contributed by atoms with Gasteiger partial charge in [-0.3, -0.25) is 4.79 Å². The summed E-state index contributed by atoms with van der Waals surface area (Å²) in [7, 11) is 1.62. The second-order valence-electron chi connectivity index (χ2n) is 5.11.